The summed E-state index contributed by atoms with van der Waals surface area (Å²) in [4.78, 5) is 11.1. The van der Waals surface area contributed by atoms with E-state index >= 15 is 0 Å². The Hall–Kier alpha value is -0.897. The van der Waals surface area contributed by atoms with Gasteiger partial charge >= 0.3 is 0 Å². The summed E-state index contributed by atoms with van der Waals surface area (Å²) in [7, 11) is 0. The van der Waals surface area contributed by atoms with Crippen molar-refractivity contribution >= 4 is 28.5 Å². The van der Waals surface area contributed by atoms with E-state index in [0.29, 0.717) is 0 Å². The van der Waals surface area contributed by atoms with Crippen LogP contribution in [-0.2, 0) is 0 Å². The molecule has 0 unspecified atom stereocenters. The fourth-order valence-electron chi connectivity index (χ4n) is 1.08. The van der Waals surface area contributed by atoms with Gasteiger partial charge in [-0.2, -0.15) is 0 Å². The molecule has 5 nitrogen and oxygen atoms in total. The van der Waals surface area contributed by atoms with Crippen LogP contribution < -0.4 is 22.9 Å². The zero-order chi connectivity index (χ0) is 10.2. The van der Waals surface area contributed by atoms with Crippen molar-refractivity contribution in [1.82, 2.24) is 0 Å². The molecule has 0 saturated carbocycles. The molecule has 14 heavy (non-hydrogen) atoms. The van der Waals surface area contributed by atoms with Gasteiger partial charge in [0.15, 0.2) is 0 Å². The van der Waals surface area contributed by atoms with Gasteiger partial charge in [-0.25, -0.2) is 0 Å². The standard InChI is InChI=1S/C8H11N4O.Np/c1-3(13)6-4(9)2-5(10)7(11)8(6)12;/h9-12H2,1H3;/q-1;. The van der Waals surface area contributed by atoms with Crippen molar-refractivity contribution in [2.24, 2.45) is 0 Å². The first kappa shape index (κ1) is 13.1. The molecule has 6 heteroatoms. The van der Waals surface area contributed by atoms with Gasteiger partial charge in [0.25, 0.3) is 0 Å². The first-order valence-corrected chi connectivity index (χ1v) is 3.61. The summed E-state index contributed by atoms with van der Waals surface area (Å²) in [6.07, 6.45) is 0. The molecule has 0 saturated heterocycles. The summed E-state index contributed by atoms with van der Waals surface area (Å²) in [5, 5.41) is 0. The van der Waals surface area contributed by atoms with Gasteiger partial charge in [0, 0.05) is 29.9 Å². The average molecular weight is 416 g/mol. The van der Waals surface area contributed by atoms with Gasteiger partial charge < -0.3 is 27.7 Å². The van der Waals surface area contributed by atoms with E-state index in [9.17, 15) is 4.79 Å². The van der Waals surface area contributed by atoms with E-state index in [1.165, 1.54) is 6.92 Å². The molecule has 1 aromatic carbocycles. The second-order valence-corrected chi connectivity index (χ2v) is 2.71. The van der Waals surface area contributed by atoms with Crippen LogP contribution in [0.3, 0.4) is 0 Å². The summed E-state index contributed by atoms with van der Waals surface area (Å²) in [6, 6.07) is 2.56. The summed E-state index contributed by atoms with van der Waals surface area (Å²) in [5.41, 5.74) is 22.8. The quantitative estimate of drug-likeness (QED) is 0.292. The van der Waals surface area contributed by atoms with E-state index in [1.54, 1.807) is 0 Å². The van der Waals surface area contributed by atoms with Gasteiger partial charge in [-0.15, -0.1) is 6.07 Å². The second-order valence-electron chi connectivity index (χ2n) is 2.71. The maximum atomic E-state index is 11.1. The van der Waals surface area contributed by atoms with Crippen LogP contribution in [-0.4, -0.2) is 5.78 Å². The van der Waals surface area contributed by atoms with Gasteiger partial charge in [0.2, 0.25) is 0 Å². The van der Waals surface area contributed by atoms with Crippen LogP contribution in [0.2, 0.25) is 0 Å². The number of Topliss-reactive ketones (excluding diaryl/α,β-unsaturated/α-hetero) is 1. The number of carbonyl (C=O) groups is 1. The Bertz CT molecular complexity index is 378. The molecule has 0 heterocycles. The molecule has 0 aromatic heterocycles. The molecular formula is C8H11N4NpO-. The number of carbonyl (C=O) groups excluding carboxylic acids is 1. The Morgan fingerprint density at radius 2 is 1.57 bits per heavy atom. The Morgan fingerprint density at radius 1 is 1.07 bits per heavy atom. The zero-order valence-electron chi connectivity index (χ0n) is 7.66. The smallest absolute Gasteiger partial charge is 0.109 e. The van der Waals surface area contributed by atoms with E-state index in [0.717, 1.165) is 0 Å². The Labute approximate surface area is 104 Å². The predicted octanol–water partition coefficient (Wildman–Crippen LogP) is 0.0182. The average Bonchev–Trinajstić information content (AvgIpc) is 1.99. The first-order chi connectivity index (χ1) is 5.95. The predicted molar refractivity (Wildman–Crippen MR) is 52.9 cm³/mol. The molecule has 0 spiro atoms. The van der Waals surface area contributed by atoms with Crippen molar-refractivity contribution in [3.63, 3.8) is 0 Å². The normalized spacial score (nSPS) is 9.21. The second kappa shape index (κ2) is 4.55. The van der Waals surface area contributed by atoms with Gasteiger partial charge in [0.05, 0.1) is 0 Å². The Balaban J connectivity index is 0.00000169. The first-order valence-electron chi connectivity index (χ1n) is 3.61. The molecule has 75 valence electrons. The maximum absolute atomic E-state index is 11.1. The van der Waals surface area contributed by atoms with Crippen molar-refractivity contribution in [2.75, 3.05) is 22.9 Å². The molecule has 1 aromatic rings. The SMILES string of the molecule is CC(=O)c1c(N)[c-]c(N)c(N)c1N.[Np]. The number of hydrogen-bond donors (Lipinski definition) is 4. The van der Waals surface area contributed by atoms with Crippen molar-refractivity contribution in [1.29, 1.82) is 0 Å². The number of nitrogen functional groups attached to an aromatic ring is 4. The molecule has 0 aliphatic heterocycles. The fourth-order valence-corrected chi connectivity index (χ4v) is 1.08. The number of anilines is 4. The molecule has 0 atom stereocenters. The molecule has 1 rings (SSSR count). The summed E-state index contributed by atoms with van der Waals surface area (Å²) >= 11 is 0. The molecule has 0 fully saturated rings. The molecule has 0 aliphatic carbocycles. The van der Waals surface area contributed by atoms with Gasteiger partial charge in [-0.3, -0.25) is 0 Å². The van der Waals surface area contributed by atoms with Crippen molar-refractivity contribution < 1.29 is 34.7 Å². The largest absolute Gasteiger partial charge is 0.446 e. The molecule has 0 bridgehead atoms. The van der Waals surface area contributed by atoms with Crippen LogP contribution in [0.4, 0.5) is 22.7 Å². The fraction of sp³-hybridized carbons (Fsp3) is 0.125. The number of rotatable bonds is 1. The summed E-state index contributed by atoms with van der Waals surface area (Å²) in [5.74, 6) is -0.252. The summed E-state index contributed by atoms with van der Waals surface area (Å²) < 4.78 is 0. The molecule has 8 N–H and O–H groups in total. The van der Waals surface area contributed by atoms with Crippen LogP contribution in [0.1, 0.15) is 17.3 Å². The third-order valence-electron chi connectivity index (χ3n) is 1.74. The minimum absolute atomic E-state index is 0. The van der Waals surface area contributed by atoms with Crippen LogP contribution in [0.15, 0.2) is 0 Å². The van der Waals surface area contributed by atoms with Gasteiger partial charge in [-0.1, -0.05) is 11.4 Å². The minimum atomic E-state index is -0.252. The van der Waals surface area contributed by atoms with Crippen LogP contribution in [0.25, 0.3) is 0 Å². The Kier molecular flexibility index (Phi) is 4.26. The maximum Gasteiger partial charge on any atom is 0.109 e. The van der Waals surface area contributed by atoms with Gasteiger partial charge in [-0.05, 0) is 23.9 Å². The topological polar surface area (TPSA) is 121 Å². The van der Waals surface area contributed by atoms with E-state index in [2.05, 4.69) is 6.07 Å². The third kappa shape index (κ3) is 2.12. The van der Waals surface area contributed by atoms with Gasteiger partial charge in [0.1, 0.15) is 5.78 Å². The van der Waals surface area contributed by atoms with E-state index in [4.69, 9.17) is 22.9 Å². The van der Waals surface area contributed by atoms with Crippen LogP contribution >= 0.6 is 0 Å². The molecular weight excluding hydrogens is 405 g/mol. The Morgan fingerprint density at radius 3 is 2.00 bits per heavy atom. The van der Waals surface area contributed by atoms with Crippen molar-refractivity contribution in [3.05, 3.63) is 11.6 Å². The van der Waals surface area contributed by atoms with E-state index in [1.807, 2.05) is 0 Å². The number of ketones is 1. The monoisotopic (exact) mass is 415 g/mol. The van der Waals surface area contributed by atoms with E-state index in [-0.39, 0.29) is 64.0 Å². The molecule has 1 radical (unpaired) electrons. The third-order valence-corrected chi connectivity index (χ3v) is 1.74. The summed E-state index contributed by atoms with van der Waals surface area (Å²) in [6.45, 7) is 1.35. The molecule has 0 aliphatic rings. The van der Waals surface area contributed by atoms with Crippen LogP contribution in [0.5, 0.6) is 0 Å². The van der Waals surface area contributed by atoms with E-state index < -0.39 is 0 Å². The number of nitrogens with two attached hydrogens (primary N) is 4. The zero-order valence-corrected chi connectivity index (χ0v) is 11.4. The van der Waals surface area contributed by atoms with Crippen LogP contribution in [0, 0.1) is 36.0 Å². The number of benzene rings is 1. The minimum Gasteiger partial charge on any atom is -0.446 e. The van der Waals surface area contributed by atoms with Crippen molar-refractivity contribution in [2.45, 2.75) is 6.92 Å². The number of hydrogen-bond acceptors (Lipinski definition) is 5. The molecule has 0 amide bonds. The van der Waals surface area contributed by atoms with Crippen molar-refractivity contribution in [3.8, 4) is 0 Å².